The summed E-state index contributed by atoms with van der Waals surface area (Å²) >= 11 is 0. The lowest BCUT2D eigenvalue weighted by molar-refractivity contribution is 0.0899. The molecule has 0 radical (unpaired) electrons. The number of benzene rings is 1. The monoisotopic (exact) mass is 266 g/mol. The molecule has 1 aromatic rings. The molecule has 4 nitrogen and oxygen atoms in total. The Labute approximate surface area is 114 Å². The van der Waals surface area contributed by atoms with E-state index in [1.54, 1.807) is 6.92 Å². The summed E-state index contributed by atoms with van der Waals surface area (Å²) in [5.41, 5.74) is 0.775. The Hall–Kier alpha value is -1.84. The number of unbranched alkanes of at least 4 members (excludes halogenated alkanes) is 3. The number of ketones is 1. The van der Waals surface area contributed by atoms with Crippen LogP contribution in [0.1, 0.15) is 49.9 Å². The first-order valence-electron chi connectivity index (χ1n) is 6.49. The van der Waals surface area contributed by atoms with E-state index in [9.17, 15) is 9.59 Å². The summed E-state index contributed by atoms with van der Waals surface area (Å²) in [6.45, 7) is 4.02. The van der Waals surface area contributed by atoms with Crippen LogP contribution in [0.2, 0.25) is 0 Å². The molecular formula is C15H22O4. The molecule has 0 saturated heterocycles. The minimum atomic E-state index is -1.17. The number of carbonyl (C=O) groups excluding carboxylic acids is 1. The number of ether oxygens (including phenoxy) is 1. The first kappa shape index (κ1) is 17.2. The van der Waals surface area contributed by atoms with Gasteiger partial charge in [0.25, 0.3) is 0 Å². The largest absolute Gasteiger partial charge is 0.505 e. The van der Waals surface area contributed by atoms with Crippen molar-refractivity contribution in [1.82, 2.24) is 0 Å². The van der Waals surface area contributed by atoms with Crippen LogP contribution in [0.5, 0.6) is 0 Å². The Bertz CT molecular complexity index is 360. The molecule has 106 valence electrons. The van der Waals surface area contributed by atoms with Gasteiger partial charge in [-0.3, -0.25) is 4.79 Å². The highest BCUT2D eigenvalue weighted by Gasteiger charge is 1.94. The fourth-order valence-corrected chi connectivity index (χ4v) is 1.36. The summed E-state index contributed by atoms with van der Waals surface area (Å²) in [5, 5.41) is 8.05. The van der Waals surface area contributed by atoms with Crippen LogP contribution in [-0.2, 0) is 4.74 Å². The molecule has 1 aromatic carbocycles. The van der Waals surface area contributed by atoms with E-state index in [1.165, 1.54) is 0 Å². The second-order valence-corrected chi connectivity index (χ2v) is 4.10. The Kier molecular flexibility index (Phi) is 10.2. The minimum Gasteiger partial charge on any atom is -0.450 e. The molecule has 0 aliphatic heterocycles. The SMILES string of the molecule is CC(=O)c1ccccc1.CCCCCCOC(=O)O. The number of hydrogen-bond acceptors (Lipinski definition) is 3. The van der Waals surface area contributed by atoms with Crippen molar-refractivity contribution in [2.75, 3.05) is 6.61 Å². The van der Waals surface area contributed by atoms with Crippen molar-refractivity contribution in [3.05, 3.63) is 35.9 Å². The van der Waals surface area contributed by atoms with Gasteiger partial charge in [0.1, 0.15) is 0 Å². The van der Waals surface area contributed by atoms with Crippen LogP contribution >= 0.6 is 0 Å². The molecule has 0 aromatic heterocycles. The second-order valence-electron chi connectivity index (χ2n) is 4.10. The summed E-state index contributed by atoms with van der Waals surface area (Å²) < 4.78 is 4.31. The van der Waals surface area contributed by atoms with Crippen LogP contribution in [0.25, 0.3) is 0 Å². The maximum atomic E-state index is 10.6. The minimum absolute atomic E-state index is 0.121. The standard InChI is InChI=1S/C8H8O.C7H14O3/c1-7(9)8-5-3-2-4-6-8;1-2-3-4-5-6-10-7(8)9/h2-6H,1H3;2-6H2,1H3,(H,8,9). The average molecular weight is 266 g/mol. The van der Waals surface area contributed by atoms with Gasteiger partial charge >= 0.3 is 6.16 Å². The maximum absolute atomic E-state index is 10.6. The van der Waals surface area contributed by atoms with Gasteiger partial charge in [-0.2, -0.15) is 0 Å². The molecule has 0 fully saturated rings. The van der Waals surface area contributed by atoms with Crippen molar-refractivity contribution >= 4 is 11.9 Å². The van der Waals surface area contributed by atoms with Gasteiger partial charge in [-0.1, -0.05) is 56.5 Å². The van der Waals surface area contributed by atoms with Crippen LogP contribution in [0.3, 0.4) is 0 Å². The van der Waals surface area contributed by atoms with Crippen molar-refractivity contribution in [3.8, 4) is 0 Å². The van der Waals surface area contributed by atoms with E-state index in [-0.39, 0.29) is 5.78 Å². The molecule has 1 N–H and O–H groups in total. The van der Waals surface area contributed by atoms with E-state index in [0.29, 0.717) is 6.61 Å². The molecule has 0 aliphatic carbocycles. The van der Waals surface area contributed by atoms with Gasteiger partial charge in [-0.05, 0) is 13.3 Å². The summed E-state index contributed by atoms with van der Waals surface area (Å²) in [6.07, 6.45) is 3.05. The zero-order valence-corrected chi connectivity index (χ0v) is 11.6. The lowest BCUT2D eigenvalue weighted by Gasteiger charge is -1.98. The van der Waals surface area contributed by atoms with Gasteiger partial charge < -0.3 is 9.84 Å². The lowest BCUT2D eigenvalue weighted by atomic mass is 10.2. The molecule has 0 amide bonds. The first-order valence-corrected chi connectivity index (χ1v) is 6.49. The predicted molar refractivity (Wildman–Crippen MR) is 74.6 cm³/mol. The van der Waals surface area contributed by atoms with E-state index in [0.717, 1.165) is 31.2 Å². The van der Waals surface area contributed by atoms with Crippen LogP contribution < -0.4 is 0 Å². The molecule has 0 bridgehead atoms. The smallest absolute Gasteiger partial charge is 0.450 e. The summed E-state index contributed by atoms with van der Waals surface area (Å²) in [4.78, 5) is 20.5. The molecule has 19 heavy (non-hydrogen) atoms. The second kappa shape index (κ2) is 11.3. The third-order valence-electron chi connectivity index (χ3n) is 2.40. The van der Waals surface area contributed by atoms with Crippen molar-refractivity contribution in [2.24, 2.45) is 0 Å². The topological polar surface area (TPSA) is 63.6 Å². The van der Waals surface area contributed by atoms with Crippen LogP contribution in [0.15, 0.2) is 30.3 Å². The maximum Gasteiger partial charge on any atom is 0.505 e. The molecular weight excluding hydrogens is 244 g/mol. The Morgan fingerprint density at radius 3 is 2.16 bits per heavy atom. The fraction of sp³-hybridized carbons (Fsp3) is 0.467. The molecule has 1 rings (SSSR count). The van der Waals surface area contributed by atoms with Crippen LogP contribution in [0, 0.1) is 0 Å². The Morgan fingerprint density at radius 1 is 1.11 bits per heavy atom. The van der Waals surface area contributed by atoms with Gasteiger partial charge in [-0.25, -0.2) is 4.79 Å². The molecule has 0 spiro atoms. The predicted octanol–water partition coefficient (Wildman–Crippen LogP) is 4.15. The number of carbonyl (C=O) groups is 2. The zero-order chi connectivity index (χ0) is 14.5. The highest BCUT2D eigenvalue weighted by molar-refractivity contribution is 5.93. The number of hydrogen-bond donors (Lipinski definition) is 1. The number of rotatable bonds is 6. The van der Waals surface area contributed by atoms with Gasteiger partial charge in [0.2, 0.25) is 0 Å². The molecule has 0 aliphatic rings. The summed E-state index contributed by atoms with van der Waals surface area (Å²) in [5.74, 6) is 0.121. The summed E-state index contributed by atoms with van der Waals surface area (Å²) in [7, 11) is 0. The van der Waals surface area contributed by atoms with E-state index in [1.807, 2.05) is 30.3 Å². The van der Waals surface area contributed by atoms with Gasteiger partial charge in [-0.15, -0.1) is 0 Å². The van der Waals surface area contributed by atoms with Crippen LogP contribution in [0.4, 0.5) is 4.79 Å². The quantitative estimate of drug-likeness (QED) is 0.477. The van der Waals surface area contributed by atoms with Gasteiger partial charge in [0.15, 0.2) is 5.78 Å². The molecule has 0 heterocycles. The number of carboxylic acid groups (broad SMARTS) is 1. The zero-order valence-electron chi connectivity index (χ0n) is 11.6. The van der Waals surface area contributed by atoms with E-state index >= 15 is 0 Å². The summed E-state index contributed by atoms with van der Waals surface area (Å²) in [6, 6.07) is 9.23. The highest BCUT2D eigenvalue weighted by atomic mass is 16.7. The molecule has 0 saturated carbocycles. The Morgan fingerprint density at radius 2 is 1.74 bits per heavy atom. The van der Waals surface area contributed by atoms with Crippen molar-refractivity contribution in [3.63, 3.8) is 0 Å². The number of Topliss-reactive ketones (excluding diaryl/α,β-unsaturated/α-hetero) is 1. The normalized spacial score (nSPS) is 9.16. The Balaban J connectivity index is 0.000000342. The van der Waals surface area contributed by atoms with Gasteiger partial charge in [0.05, 0.1) is 6.61 Å². The van der Waals surface area contributed by atoms with Gasteiger partial charge in [0, 0.05) is 5.56 Å². The molecule has 0 atom stereocenters. The van der Waals surface area contributed by atoms with Crippen LogP contribution in [-0.4, -0.2) is 23.7 Å². The highest BCUT2D eigenvalue weighted by Crippen LogP contribution is 1.98. The van der Waals surface area contributed by atoms with Crippen molar-refractivity contribution in [2.45, 2.75) is 39.5 Å². The lowest BCUT2D eigenvalue weighted by Crippen LogP contribution is -2.01. The molecule has 0 unspecified atom stereocenters. The van der Waals surface area contributed by atoms with E-state index < -0.39 is 6.16 Å². The van der Waals surface area contributed by atoms with E-state index in [4.69, 9.17) is 5.11 Å². The average Bonchev–Trinajstić information content (AvgIpc) is 2.40. The molecule has 4 heteroatoms. The first-order chi connectivity index (χ1) is 9.07. The van der Waals surface area contributed by atoms with E-state index in [2.05, 4.69) is 11.7 Å². The van der Waals surface area contributed by atoms with Crippen molar-refractivity contribution < 1.29 is 19.4 Å². The third kappa shape index (κ3) is 11.0. The fourth-order valence-electron chi connectivity index (χ4n) is 1.36. The third-order valence-corrected chi connectivity index (χ3v) is 2.40. The van der Waals surface area contributed by atoms with Crippen molar-refractivity contribution in [1.29, 1.82) is 0 Å².